The van der Waals surface area contributed by atoms with Crippen LogP contribution in [-0.4, -0.2) is 37.1 Å². The van der Waals surface area contributed by atoms with Gasteiger partial charge in [-0.05, 0) is 13.3 Å². The zero-order valence-corrected chi connectivity index (χ0v) is 8.45. The number of rotatable bonds is 5. The molecule has 1 saturated heterocycles. The van der Waals surface area contributed by atoms with Crippen LogP contribution >= 0.6 is 0 Å². The standard InChI is InChI=1S/C9H13NO5/c1-2-14-9(13)7(11)4-3-6-8(12)15-5-10-6/h6,10H,2-5H2,1H3/t6-/m0/s1. The molecule has 0 amide bonds. The molecule has 0 aliphatic carbocycles. The number of hydrogen-bond donors (Lipinski definition) is 1. The third-order valence-electron chi connectivity index (χ3n) is 1.99. The highest BCUT2D eigenvalue weighted by Crippen LogP contribution is 2.05. The Balaban J connectivity index is 2.27. The molecule has 0 aromatic heterocycles. The van der Waals surface area contributed by atoms with Crippen molar-refractivity contribution in [3.05, 3.63) is 0 Å². The zero-order valence-electron chi connectivity index (χ0n) is 8.45. The Morgan fingerprint density at radius 2 is 2.33 bits per heavy atom. The minimum absolute atomic E-state index is 0.00833. The largest absolute Gasteiger partial charge is 0.460 e. The number of esters is 2. The molecule has 1 fully saturated rings. The Hall–Kier alpha value is -1.43. The molecule has 0 aromatic rings. The number of carbonyl (C=O) groups excluding carboxylic acids is 3. The highest BCUT2D eigenvalue weighted by Gasteiger charge is 2.27. The first-order valence-electron chi connectivity index (χ1n) is 4.75. The first kappa shape index (κ1) is 11.6. The van der Waals surface area contributed by atoms with E-state index in [1.807, 2.05) is 0 Å². The number of ether oxygens (including phenoxy) is 2. The van der Waals surface area contributed by atoms with Crippen molar-refractivity contribution in [2.45, 2.75) is 25.8 Å². The highest BCUT2D eigenvalue weighted by atomic mass is 16.6. The molecule has 1 aliphatic rings. The minimum atomic E-state index is -0.844. The summed E-state index contributed by atoms with van der Waals surface area (Å²) in [6, 6.07) is -0.483. The van der Waals surface area contributed by atoms with Crippen molar-refractivity contribution in [1.29, 1.82) is 0 Å². The van der Waals surface area contributed by atoms with Crippen molar-refractivity contribution in [2.24, 2.45) is 0 Å². The van der Waals surface area contributed by atoms with Crippen LogP contribution in [0.5, 0.6) is 0 Å². The second-order valence-corrected chi connectivity index (χ2v) is 3.05. The molecule has 0 bridgehead atoms. The normalized spacial score (nSPS) is 19.8. The summed E-state index contributed by atoms with van der Waals surface area (Å²) in [5.41, 5.74) is 0. The Morgan fingerprint density at radius 3 is 2.87 bits per heavy atom. The van der Waals surface area contributed by atoms with Crippen molar-refractivity contribution in [1.82, 2.24) is 5.32 Å². The van der Waals surface area contributed by atoms with Crippen molar-refractivity contribution in [3.8, 4) is 0 Å². The molecule has 0 aromatic carbocycles. The molecule has 0 spiro atoms. The topological polar surface area (TPSA) is 81.7 Å². The van der Waals surface area contributed by atoms with Crippen LogP contribution in [0.3, 0.4) is 0 Å². The summed E-state index contributed by atoms with van der Waals surface area (Å²) >= 11 is 0. The summed E-state index contributed by atoms with van der Waals surface area (Å²) in [7, 11) is 0. The molecule has 0 saturated carbocycles. The number of hydrogen-bond acceptors (Lipinski definition) is 6. The van der Waals surface area contributed by atoms with E-state index in [1.165, 1.54) is 0 Å². The molecule has 1 N–H and O–H groups in total. The number of ketones is 1. The van der Waals surface area contributed by atoms with Crippen molar-refractivity contribution in [3.63, 3.8) is 0 Å². The lowest BCUT2D eigenvalue weighted by atomic mass is 10.1. The minimum Gasteiger partial charge on any atom is -0.460 e. The number of cyclic esters (lactones) is 1. The summed E-state index contributed by atoms with van der Waals surface area (Å²) in [5, 5.41) is 2.76. The van der Waals surface area contributed by atoms with Gasteiger partial charge in [0.25, 0.3) is 0 Å². The second-order valence-electron chi connectivity index (χ2n) is 3.05. The third kappa shape index (κ3) is 3.32. The van der Waals surface area contributed by atoms with E-state index in [4.69, 9.17) is 0 Å². The lowest BCUT2D eigenvalue weighted by molar-refractivity contribution is -0.153. The van der Waals surface area contributed by atoms with Crippen LogP contribution in [0, 0.1) is 0 Å². The van der Waals surface area contributed by atoms with Crippen LogP contribution in [0.2, 0.25) is 0 Å². The fraction of sp³-hybridized carbons (Fsp3) is 0.667. The quantitative estimate of drug-likeness (QED) is 0.486. The van der Waals surface area contributed by atoms with Crippen LogP contribution in [0.25, 0.3) is 0 Å². The van der Waals surface area contributed by atoms with Crippen molar-refractivity contribution >= 4 is 17.7 Å². The number of carbonyl (C=O) groups is 3. The molecule has 1 atom stereocenters. The van der Waals surface area contributed by atoms with Gasteiger partial charge in [-0.15, -0.1) is 0 Å². The Labute approximate surface area is 86.9 Å². The maximum atomic E-state index is 11.1. The molecule has 6 heteroatoms. The second kappa shape index (κ2) is 5.45. The summed E-state index contributed by atoms with van der Waals surface area (Å²) in [6.45, 7) is 1.96. The smallest absolute Gasteiger partial charge is 0.374 e. The lowest BCUT2D eigenvalue weighted by Crippen LogP contribution is -2.29. The number of nitrogens with one attached hydrogen (secondary N) is 1. The van der Waals surface area contributed by atoms with Gasteiger partial charge in [-0.1, -0.05) is 0 Å². The SMILES string of the molecule is CCOC(=O)C(=O)CC[C@@H]1NCOC1=O. The maximum Gasteiger partial charge on any atom is 0.374 e. The first-order chi connectivity index (χ1) is 7.15. The van der Waals surface area contributed by atoms with Gasteiger partial charge < -0.3 is 9.47 Å². The van der Waals surface area contributed by atoms with Crippen LogP contribution in [0.4, 0.5) is 0 Å². The van der Waals surface area contributed by atoms with E-state index >= 15 is 0 Å². The third-order valence-corrected chi connectivity index (χ3v) is 1.99. The van der Waals surface area contributed by atoms with E-state index in [1.54, 1.807) is 6.92 Å². The van der Waals surface area contributed by atoms with Crippen LogP contribution in [0.15, 0.2) is 0 Å². The molecule has 1 rings (SSSR count). The van der Waals surface area contributed by atoms with Crippen LogP contribution in [0.1, 0.15) is 19.8 Å². The van der Waals surface area contributed by atoms with Gasteiger partial charge in [-0.2, -0.15) is 0 Å². The molecular weight excluding hydrogens is 202 g/mol. The molecule has 6 nitrogen and oxygen atoms in total. The van der Waals surface area contributed by atoms with Gasteiger partial charge in [0, 0.05) is 6.42 Å². The fourth-order valence-electron chi connectivity index (χ4n) is 1.21. The fourth-order valence-corrected chi connectivity index (χ4v) is 1.21. The van der Waals surface area contributed by atoms with Gasteiger partial charge >= 0.3 is 11.9 Å². The average Bonchev–Trinajstić information content (AvgIpc) is 2.61. The summed E-state index contributed by atoms with van der Waals surface area (Å²) < 4.78 is 9.15. The molecule has 1 heterocycles. The number of Topliss-reactive ketones (excluding diaryl/α,β-unsaturated/α-hetero) is 1. The molecular formula is C9H13NO5. The molecule has 84 valence electrons. The first-order valence-corrected chi connectivity index (χ1v) is 4.75. The van der Waals surface area contributed by atoms with Crippen LogP contribution < -0.4 is 5.32 Å². The summed E-state index contributed by atoms with van der Waals surface area (Å²) in [4.78, 5) is 33.0. The predicted octanol–water partition coefficient (Wildman–Crippen LogP) is -0.629. The van der Waals surface area contributed by atoms with E-state index in [2.05, 4.69) is 14.8 Å². The van der Waals surface area contributed by atoms with E-state index in [-0.39, 0.29) is 32.1 Å². The van der Waals surface area contributed by atoms with Gasteiger partial charge in [0.2, 0.25) is 5.78 Å². The van der Waals surface area contributed by atoms with Gasteiger partial charge in [0.1, 0.15) is 12.8 Å². The molecule has 0 radical (unpaired) electrons. The lowest BCUT2D eigenvalue weighted by Gasteiger charge is -2.04. The van der Waals surface area contributed by atoms with Gasteiger partial charge in [0.15, 0.2) is 0 Å². The maximum absolute atomic E-state index is 11.1. The monoisotopic (exact) mass is 215 g/mol. The van der Waals surface area contributed by atoms with Gasteiger partial charge in [-0.25, -0.2) is 4.79 Å². The molecule has 15 heavy (non-hydrogen) atoms. The van der Waals surface area contributed by atoms with E-state index < -0.39 is 17.8 Å². The highest BCUT2D eigenvalue weighted by molar-refractivity contribution is 6.33. The molecule has 0 unspecified atom stereocenters. The van der Waals surface area contributed by atoms with E-state index in [9.17, 15) is 14.4 Å². The van der Waals surface area contributed by atoms with E-state index in [0.29, 0.717) is 0 Å². The summed E-state index contributed by atoms with van der Waals surface area (Å²) in [5.74, 6) is -1.84. The molecule has 1 aliphatic heterocycles. The van der Waals surface area contributed by atoms with Crippen molar-refractivity contribution in [2.75, 3.05) is 13.3 Å². The van der Waals surface area contributed by atoms with Gasteiger partial charge in [-0.3, -0.25) is 14.9 Å². The van der Waals surface area contributed by atoms with Crippen molar-refractivity contribution < 1.29 is 23.9 Å². The average molecular weight is 215 g/mol. The van der Waals surface area contributed by atoms with E-state index in [0.717, 1.165) is 0 Å². The van der Waals surface area contributed by atoms with Gasteiger partial charge in [0.05, 0.1) is 6.61 Å². The Kier molecular flexibility index (Phi) is 4.23. The summed E-state index contributed by atoms with van der Waals surface area (Å²) in [6.07, 6.45) is 0.252. The Morgan fingerprint density at radius 1 is 1.60 bits per heavy atom. The zero-order chi connectivity index (χ0) is 11.3. The Bertz CT molecular complexity index is 276. The van der Waals surface area contributed by atoms with Crippen LogP contribution in [-0.2, 0) is 23.9 Å². The predicted molar refractivity (Wildman–Crippen MR) is 48.8 cm³/mol.